The van der Waals surface area contributed by atoms with E-state index < -0.39 is 11.9 Å². The first kappa shape index (κ1) is 15.6. The highest BCUT2D eigenvalue weighted by molar-refractivity contribution is 7.20. The minimum Gasteiger partial charge on any atom is -0.368 e. The highest BCUT2D eigenvalue weighted by Crippen LogP contribution is 2.32. The van der Waals surface area contributed by atoms with Crippen molar-refractivity contribution < 1.29 is 9.59 Å². The van der Waals surface area contributed by atoms with E-state index in [1.54, 1.807) is 4.90 Å². The molecular weight excluding hydrogens is 319 g/mol. The molecule has 2 N–H and O–H groups in total. The average Bonchev–Trinajstić information content (AvgIpc) is 2.96. The van der Waals surface area contributed by atoms with E-state index in [1.165, 1.54) is 11.3 Å². The molecule has 2 rings (SSSR count). The fraction of sp³-hybridized carbons (Fsp3) is 0.538. The Kier molecular flexibility index (Phi) is 5.29. The number of carbonyl (C=O) groups is 2. The molecule has 1 saturated heterocycles. The molecule has 0 aliphatic carbocycles. The SMILES string of the molecule is NC(=O)[C@@H]1CCCN1C(=O)CCCc1cc(Cl)sc1Cl. The third-order valence-corrected chi connectivity index (χ3v) is 5.03. The largest absolute Gasteiger partial charge is 0.368 e. The Hall–Kier alpha value is -0.780. The van der Waals surface area contributed by atoms with E-state index in [0.717, 1.165) is 12.0 Å². The summed E-state index contributed by atoms with van der Waals surface area (Å²) in [5.74, 6) is -0.424. The summed E-state index contributed by atoms with van der Waals surface area (Å²) in [5.41, 5.74) is 6.28. The quantitative estimate of drug-likeness (QED) is 0.899. The van der Waals surface area contributed by atoms with Crippen molar-refractivity contribution in [1.29, 1.82) is 0 Å². The summed E-state index contributed by atoms with van der Waals surface area (Å²) in [6.07, 6.45) is 3.31. The molecule has 0 radical (unpaired) electrons. The van der Waals surface area contributed by atoms with Gasteiger partial charge in [0, 0.05) is 13.0 Å². The van der Waals surface area contributed by atoms with Crippen molar-refractivity contribution in [3.05, 3.63) is 20.3 Å². The number of hydrogen-bond donors (Lipinski definition) is 1. The molecule has 0 unspecified atom stereocenters. The molecule has 1 fully saturated rings. The Balaban J connectivity index is 1.83. The van der Waals surface area contributed by atoms with Crippen molar-refractivity contribution in [2.45, 2.75) is 38.1 Å². The van der Waals surface area contributed by atoms with E-state index in [9.17, 15) is 9.59 Å². The lowest BCUT2D eigenvalue weighted by molar-refractivity contribution is -0.137. The molecule has 2 heterocycles. The summed E-state index contributed by atoms with van der Waals surface area (Å²) >= 11 is 13.2. The van der Waals surface area contributed by atoms with E-state index in [1.807, 2.05) is 6.07 Å². The fourth-order valence-corrected chi connectivity index (χ4v) is 4.02. The molecule has 1 aromatic rings. The second kappa shape index (κ2) is 6.78. The molecule has 1 aliphatic heterocycles. The molecule has 20 heavy (non-hydrogen) atoms. The van der Waals surface area contributed by atoms with E-state index in [2.05, 4.69) is 0 Å². The van der Waals surface area contributed by atoms with Crippen LogP contribution in [0.4, 0.5) is 0 Å². The van der Waals surface area contributed by atoms with Gasteiger partial charge in [-0.25, -0.2) is 0 Å². The summed E-state index contributed by atoms with van der Waals surface area (Å²) in [5, 5.41) is 0. The number of halogens is 2. The van der Waals surface area contributed by atoms with Gasteiger partial charge in [0.1, 0.15) is 6.04 Å². The van der Waals surface area contributed by atoms with Gasteiger partial charge >= 0.3 is 0 Å². The smallest absolute Gasteiger partial charge is 0.240 e. The lowest BCUT2D eigenvalue weighted by Gasteiger charge is -2.22. The van der Waals surface area contributed by atoms with Crippen molar-refractivity contribution in [1.82, 2.24) is 4.90 Å². The third-order valence-electron chi connectivity index (χ3n) is 3.47. The Morgan fingerprint density at radius 2 is 2.20 bits per heavy atom. The number of aryl methyl sites for hydroxylation is 1. The van der Waals surface area contributed by atoms with Crippen LogP contribution in [0.15, 0.2) is 6.07 Å². The van der Waals surface area contributed by atoms with Crippen LogP contribution in [0.1, 0.15) is 31.2 Å². The van der Waals surface area contributed by atoms with E-state index in [-0.39, 0.29) is 5.91 Å². The minimum atomic E-state index is -0.429. The van der Waals surface area contributed by atoms with Crippen LogP contribution in [0.5, 0.6) is 0 Å². The van der Waals surface area contributed by atoms with Gasteiger partial charge in [-0.05, 0) is 37.3 Å². The monoisotopic (exact) mass is 334 g/mol. The number of likely N-dealkylation sites (tertiary alicyclic amines) is 1. The summed E-state index contributed by atoms with van der Waals surface area (Å²) in [4.78, 5) is 25.0. The van der Waals surface area contributed by atoms with Crippen molar-refractivity contribution >= 4 is 46.4 Å². The topological polar surface area (TPSA) is 63.4 Å². The van der Waals surface area contributed by atoms with Crippen LogP contribution < -0.4 is 5.73 Å². The number of thiophene rings is 1. The van der Waals surface area contributed by atoms with Gasteiger partial charge < -0.3 is 10.6 Å². The van der Waals surface area contributed by atoms with Crippen molar-refractivity contribution in [2.24, 2.45) is 5.73 Å². The molecular formula is C13H16Cl2N2O2S. The van der Waals surface area contributed by atoms with Crippen molar-refractivity contribution in [3.8, 4) is 0 Å². The zero-order valence-electron chi connectivity index (χ0n) is 10.9. The maximum Gasteiger partial charge on any atom is 0.240 e. The second-order valence-corrected chi connectivity index (χ2v) is 7.14. The highest BCUT2D eigenvalue weighted by atomic mass is 35.5. The third kappa shape index (κ3) is 3.65. The fourth-order valence-electron chi connectivity index (χ4n) is 2.48. The van der Waals surface area contributed by atoms with Gasteiger partial charge in [0.15, 0.2) is 0 Å². The number of hydrogen-bond acceptors (Lipinski definition) is 3. The molecule has 0 spiro atoms. The molecule has 110 valence electrons. The van der Waals surface area contributed by atoms with Crippen LogP contribution in [0.3, 0.4) is 0 Å². The van der Waals surface area contributed by atoms with Crippen molar-refractivity contribution in [3.63, 3.8) is 0 Å². The van der Waals surface area contributed by atoms with Gasteiger partial charge in [-0.15, -0.1) is 11.3 Å². The normalized spacial score (nSPS) is 18.5. The minimum absolute atomic E-state index is 0.0104. The summed E-state index contributed by atoms with van der Waals surface area (Å²) in [7, 11) is 0. The Morgan fingerprint density at radius 3 is 2.80 bits per heavy atom. The second-order valence-electron chi connectivity index (χ2n) is 4.85. The van der Waals surface area contributed by atoms with Crippen LogP contribution in [0, 0.1) is 0 Å². The molecule has 7 heteroatoms. The van der Waals surface area contributed by atoms with Crippen LogP contribution in [0.25, 0.3) is 0 Å². The van der Waals surface area contributed by atoms with E-state index in [0.29, 0.717) is 40.9 Å². The van der Waals surface area contributed by atoms with E-state index in [4.69, 9.17) is 28.9 Å². The molecule has 1 aromatic heterocycles. The highest BCUT2D eigenvalue weighted by Gasteiger charge is 2.31. The Labute approximate surface area is 131 Å². The molecule has 2 amide bonds. The Morgan fingerprint density at radius 1 is 1.45 bits per heavy atom. The van der Waals surface area contributed by atoms with Gasteiger partial charge in [0.05, 0.1) is 8.67 Å². The van der Waals surface area contributed by atoms with Gasteiger partial charge in [-0.1, -0.05) is 23.2 Å². The maximum absolute atomic E-state index is 12.1. The van der Waals surface area contributed by atoms with E-state index >= 15 is 0 Å². The molecule has 1 atom stereocenters. The number of rotatable bonds is 5. The van der Waals surface area contributed by atoms with Crippen molar-refractivity contribution in [2.75, 3.05) is 6.54 Å². The zero-order chi connectivity index (χ0) is 14.7. The van der Waals surface area contributed by atoms with Crippen LogP contribution in [0.2, 0.25) is 8.67 Å². The first-order valence-corrected chi connectivity index (χ1v) is 8.08. The number of nitrogens with zero attached hydrogens (tertiary/aromatic N) is 1. The molecule has 1 aliphatic rings. The summed E-state index contributed by atoms with van der Waals surface area (Å²) in [6, 6.07) is 1.41. The predicted molar refractivity (Wildman–Crippen MR) is 81.2 cm³/mol. The van der Waals surface area contributed by atoms with Crippen LogP contribution in [-0.2, 0) is 16.0 Å². The predicted octanol–water partition coefficient (Wildman–Crippen LogP) is 2.85. The van der Waals surface area contributed by atoms with Gasteiger partial charge in [-0.3, -0.25) is 9.59 Å². The summed E-state index contributed by atoms with van der Waals surface area (Å²) < 4.78 is 1.34. The summed E-state index contributed by atoms with van der Waals surface area (Å²) in [6.45, 7) is 0.622. The van der Waals surface area contributed by atoms with Gasteiger partial charge in [-0.2, -0.15) is 0 Å². The zero-order valence-corrected chi connectivity index (χ0v) is 13.2. The maximum atomic E-state index is 12.1. The Bertz CT molecular complexity index is 518. The molecule has 0 aromatic carbocycles. The van der Waals surface area contributed by atoms with Gasteiger partial charge in [0.2, 0.25) is 11.8 Å². The van der Waals surface area contributed by atoms with Gasteiger partial charge in [0.25, 0.3) is 0 Å². The number of amides is 2. The van der Waals surface area contributed by atoms with Crippen LogP contribution in [-0.4, -0.2) is 29.3 Å². The molecule has 0 saturated carbocycles. The standard InChI is InChI=1S/C13H16Cl2N2O2S/c14-10-7-8(12(15)20-10)3-1-5-11(18)17-6-2-4-9(17)13(16)19/h7,9H,1-6H2,(H2,16,19)/t9-/m0/s1. The first-order chi connectivity index (χ1) is 9.49. The lowest BCUT2D eigenvalue weighted by Crippen LogP contribution is -2.43. The van der Waals surface area contributed by atoms with Crippen LogP contribution >= 0.6 is 34.5 Å². The number of nitrogens with two attached hydrogens (primary N) is 1. The number of carbonyl (C=O) groups excluding carboxylic acids is 2. The average molecular weight is 335 g/mol. The molecule has 0 bridgehead atoms. The lowest BCUT2D eigenvalue weighted by atomic mass is 10.1. The molecule has 4 nitrogen and oxygen atoms in total. The number of primary amides is 1. The first-order valence-electron chi connectivity index (χ1n) is 6.51.